The fourth-order valence-corrected chi connectivity index (χ4v) is 5.95. The molecule has 1 aliphatic heterocycles. The first-order valence-electron chi connectivity index (χ1n) is 9.59. The minimum atomic E-state index is -3.29. The van der Waals surface area contributed by atoms with Crippen molar-refractivity contribution in [1.29, 1.82) is 0 Å². The van der Waals surface area contributed by atoms with Crippen LogP contribution in [0.3, 0.4) is 0 Å². The van der Waals surface area contributed by atoms with Crippen molar-refractivity contribution in [3.8, 4) is 0 Å². The van der Waals surface area contributed by atoms with Crippen LogP contribution in [0.2, 0.25) is 0 Å². The molecule has 2 aliphatic rings. The molecule has 1 aliphatic carbocycles. The molecule has 2 aromatic heterocycles. The van der Waals surface area contributed by atoms with Gasteiger partial charge in [-0.1, -0.05) is 0 Å². The van der Waals surface area contributed by atoms with E-state index < -0.39 is 10.0 Å². The molecule has 0 radical (unpaired) electrons. The Morgan fingerprint density at radius 2 is 1.96 bits per heavy atom. The van der Waals surface area contributed by atoms with Gasteiger partial charge in [-0.2, -0.15) is 4.31 Å². The number of aromatic amines is 1. The van der Waals surface area contributed by atoms with Gasteiger partial charge in [-0.15, -0.1) is 0 Å². The number of aromatic nitrogens is 3. The Bertz CT molecular complexity index is 961. The Balaban J connectivity index is 1.33. The Kier molecular flexibility index (Phi) is 5.00. The Morgan fingerprint density at radius 1 is 1.25 bits per heavy atom. The largest absolute Gasteiger partial charge is 0.356 e. The van der Waals surface area contributed by atoms with Crippen molar-refractivity contribution in [2.45, 2.75) is 25.8 Å². The van der Waals surface area contributed by atoms with E-state index in [1.54, 1.807) is 11.2 Å². The number of amides is 1. The molecule has 0 aromatic carbocycles. The number of carbonyl (C=O) groups is 1. The predicted octanol–water partition coefficient (Wildman–Crippen LogP) is 0.667. The number of rotatable bonds is 5. The van der Waals surface area contributed by atoms with Crippen molar-refractivity contribution in [2.24, 2.45) is 5.92 Å². The van der Waals surface area contributed by atoms with E-state index in [4.69, 9.17) is 0 Å². The summed E-state index contributed by atoms with van der Waals surface area (Å²) in [4.78, 5) is 27.0. The molecule has 10 heteroatoms. The predicted molar refractivity (Wildman–Crippen MR) is 106 cm³/mol. The second kappa shape index (κ2) is 7.32. The molecule has 1 amide bonds. The number of nitrogens with zero attached hydrogens (tertiary/aromatic N) is 5. The SMILES string of the molecule is CC(=O)N1CCN(S(=O)(=O)CC2CC(N(C)c3ncnc4[nH]ccc34)C2)CC1. The fraction of sp³-hybridized carbons (Fsp3) is 0.611. The van der Waals surface area contributed by atoms with Gasteiger partial charge >= 0.3 is 0 Å². The second-order valence-corrected chi connectivity index (χ2v) is 9.74. The summed E-state index contributed by atoms with van der Waals surface area (Å²) in [5.41, 5.74) is 0.806. The smallest absolute Gasteiger partial charge is 0.219 e. The van der Waals surface area contributed by atoms with Crippen LogP contribution in [-0.4, -0.2) is 83.5 Å². The summed E-state index contributed by atoms with van der Waals surface area (Å²) in [5, 5.41) is 0.976. The maximum atomic E-state index is 12.7. The number of carbonyl (C=O) groups excluding carboxylic acids is 1. The first kappa shape index (κ1) is 19.1. The molecule has 28 heavy (non-hydrogen) atoms. The van der Waals surface area contributed by atoms with Crippen LogP contribution >= 0.6 is 0 Å². The molecule has 0 unspecified atom stereocenters. The average Bonchev–Trinajstić information content (AvgIpc) is 3.12. The highest BCUT2D eigenvalue weighted by molar-refractivity contribution is 7.89. The van der Waals surface area contributed by atoms with Gasteiger partial charge in [0.05, 0.1) is 11.1 Å². The third kappa shape index (κ3) is 3.58. The molecule has 152 valence electrons. The van der Waals surface area contributed by atoms with Gasteiger partial charge < -0.3 is 14.8 Å². The third-order valence-corrected chi connectivity index (χ3v) is 7.99. The minimum absolute atomic E-state index is 0.00294. The molecule has 2 aromatic rings. The van der Waals surface area contributed by atoms with Gasteiger partial charge in [0.1, 0.15) is 17.8 Å². The van der Waals surface area contributed by atoms with Gasteiger partial charge in [-0.25, -0.2) is 18.4 Å². The summed E-state index contributed by atoms with van der Waals surface area (Å²) in [6, 6.07) is 2.24. The summed E-state index contributed by atoms with van der Waals surface area (Å²) < 4.78 is 27.0. The van der Waals surface area contributed by atoms with Crippen molar-refractivity contribution in [1.82, 2.24) is 24.2 Å². The molecule has 3 heterocycles. The third-order valence-electron chi connectivity index (χ3n) is 5.95. The van der Waals surface area contributed by atoms with Crippen LogP contribution < -0.4 is 4.90 Å². The van der Waals surface area contributed by atoms with Crippen LogP contribution in [0, 0.1) is 5.92 Å². The number of anilines is 1. The minimum Gasteiger partial charge on any atom is -0.356 e. The molecule has 0 atom stereocenters. The summed E-state index contributed by atoms with van der Waals surface area (Å²) in [6.45, 7) is 3.26. The van der Waals surface area contributed by atoms with E-state index in [0.717, 1.165) is 29.7 Å². The molecule has 1 saturated heterocycles. The summed E-state index contributed by atoms with van der Waals surface area (Å²) in [7, 11) is -1.28. The van der Waals surface area contributed by atoms with Gasteiger partial charge in [0.15, 0.2) is 0 Å². The van der Waals surface area contributed by atoms with Gasteiger partial charge in [0.2, 0.25) is 15.9 Å². The average molecular weight is 407 g/mol. The van der Waals surface area contributed by atoms with Crippen LogP contribution in [-0.2, 0) is 14.8 Å². The van der Waals surface area contributed by atoms with Crippen LogP contribution in [0.1, 0.15) is 19.8 Å². The second-order valence-electron chi connectivity index (χ2n) is 7.72. The number of nitrogens with one attached hydrogen (secondary N) is 1. The fourth-order valence-electron chi connectivity index (χ4n) is 4.15. The first-order valence-corrected chi connectivity index (χ1v) is 11.2. The summed E-state index contributed by atoms with van der Waals surface area (Å²) in [6.07, 6.45) is 5.06. The standard InChI is InChI=1S/C18H26N6O3S/c1-13(25)23-5-7-24(8-6-23)28(26,27)11-14-9-15(10-14)22(2)18-16-3-4-19-17(16)20-12-21-18/h3-4,12,14-15H,5-11H2,1-2H3,(H,19,20,21). The molecule has 2 fully saturated rings. The van der Waals surface area contributed by atoms with E-state index in [1.807, 2.05) is 19.3 Å². The highest BCUT2D eigenvalue weighted by atomic mass is 32.2. The zero-order valence-corrected chi connectivity index (χ0v) is 17.0. The zero-order chi connectivity index (χ0) is 19.9. The van der Waals surface area contributed by atoms with E-state index in [1.165, 1.54) is 11.2 Å². The quantitative estimate of drug-likeness (QED) is 0.783. The van der Waals surface area contributed by atoms with Crippen LogP contribution in [0.15, 0.2) is 18.6 Å². The lowest BCUT2D eigenvalue weighted by atomic mass is 9.81. The molecule has 0 spiro atoms. The van der Waals surface area contributed by atoms with E-state index in [-0.39, 0.29) is 23.6 Å². The summed E-state index contributed by atoms with van der Waals surface area (Å²) in [5.74, 6) is 1.22. The number of sulfonamides is 1. The Morgan fingerprint density at radius 3 is 2.64 bits per heavy atom. The van der Waals surface area contributed by atoms with E-state index in [2.05, 4.69) is 19.9 Å². The van der Waals surface area contributed by atoms with Crippen molar-refractivity contribution < 1.29 is 13.2 Å². The zero-order valence-electron chi connectivity index (χ0n) is 16.2. The highest BCUT2D eigenvalue weighted by Crippen LogP contribution is 2.36. The van der Waals surface area contributed by atoms with Crippen molar-refractivity contribution >= 4 is 32.8 Å². The lowest BCUT2D eigenvalue weighted by molar-refractivity contribution is -0.129. The van der Waals surface area contributed by atoms with Gasteiger partial charge in [0, 0.05) is 52.4 Å². The molecular weight excluding hydrogens is 380 g/mol. The summed E-state index contributed by atoms with van der Waals surface area (Å²) >= 11 is 0. The first-order chi connectivity index (χ1) is 13.3. The van der Waals surface area contributed by atoms with Crippen LogP contribution in [0.5, 0.6) is 0 Å². The topological polar surface area (TPSA) is 102 Å². The molecule has 0 bridgehead atoms. The molecule has 4 rings (SSSR count). The lowest BCUT2D eigenvalue weighted by Crippen LogP contribution is -2.52. The van der Waals surface area contributed by atoms with Gasteiger partial charge in [-0.3, -0.25) is 4.79 Å². The molecule has 1 saturated carbocycles. The number of piperazine rings is 1. The van der Waals surface area contributed by atoms with Crippen LogP contribution in [0.25, 0.3) is 11.0 Å². The molecule has 9 nitrogen and oxygen atoms in total. The number of fused-ring (bicyclic) bond motifs is 1. The molecule has 1 N–H and O–H groups in total. The van der Waals surface area contributed by atoms with Gasteiger partial charge in [0.25, 0.3) is 0 Å². The Labute approximate surface area is 164 Å². The number of H-pyrrole nitrogens is 1. The van der Waals surface area contributed by atoms with Crippen molar-refractivity contribution in [3.05, 3.63) is 18.6 Å². The highest BCUT2D eigenvalue weighted by Gasteiger charge is 2.38. The van der Waals surface area contributed by atoms with Gasteiger partial charge in [-0.05, 0) is 24.8 Å². The normalized spacial score (nSPS) is 23.6. The van der Waals surface area contributed by atoms with Crippen LogP contribution in [0.4, 0.5) is 5.82 Å². The Hall–Kier alpha value is -2.20. The monoisotopic (exact) mass is 406 g/mol. The maximum absolute atomic E-state index is 12.7. The lowest BCUT2D eigenvalue weighted by Gasteiger charge is -2.42. The maximum Gasteiger partial charge on any atom is 0.219 e. The van der Waals surface area contributed by atoms with E-state index >= 15 is 0 Å². The van der Waals surface area contributed by atoms with E-state index in [9.17, 15) is 13.2 Å². The molecular formula is C18H26N6O3S. The van der Waals surface area contributed by atoms with Crippen molar-refractivity contribution in [2.75, 3.05) is 43.9 Å². The van der Waals surface area contributed by atoms with E-state index in [0.29, 0.717) is 26.2 Å². The van der Waals surface area contributed by atoms with Crippen molar-refractivity contribution in [3.63, 3.8) is 0 Å². The number of hydrogen-bond donors (Lipinski definition) is 1. The number of hydrogen-bond acceptors (Lipinski definition) is 6.